The van der Waals surface area contributed by atoms with Gasteiger partial charge >= 0.3 is 7.60 Å². The molecule has 1 N–H and O–H groups in total. The molecular weight excluding hydrogens is 405 g/mol. The number of aromatic nitrogens is 4. The molecule has 1 aromatic carbocycles. The molecule has 2 heterocycles. The molecule has 0 saturated heterocycles. The van der Waals surface area contributed by atoms with Crippen LogP contribution >= 0.6 is 7.60 Å². The number of nitrogens with zero attached hydrogens (tertiary/aromatic N) is 4. The Hall–Kier alpha value is -2.32. The molecular formula is C20H28N5O4P. The number of rotatable bonds is 12. The Labute approximate surface area is 176 Å². The quantitative estimate of drug-likeness (QED) is 0.427. The van der Waals surface area contributed by atoms with Crippen LogP contribution in [0.25, 0.3) is 11.2 Å². The Kier molecular flexibility index (Phi) is 7.93. The third kappa shape index (κ3) is 5.86. The van der Waals surface area contributed by atoms with Crippen LogP contribution in [-0.2, 0) is 31.4 Å². The minimum atomic E-state index is -3.24. The maximum atomic E-state index is 12.5. The molecule has 0 spiro atoms. The monoisotopic (exact) mass is 433 g/mol. The number of ether oxygens (including phenoxy) is 1. The van der Waals surface area contributed by atoms with Crippen LogP contribution in [0.3, 0.4) is 0 Å². The summed E-state index contributed by atoms with van der Waals surface area (Å²) < 4.78 is 30.7. The number of hydrogen-bond donors (Lipinski definition) is 1. The van der Waals surface area contributed by atoms with E-state index < -0.39 is 7.60 Å². The van der Waals surface area contributed by atoms with Gasteiger partial charge in [0.2, 0.25) is 0 Å². The van der Waals surface area contributed by atoms with E-state index in [4.69, 9.17) is 13.8 Å². The zero-order valence-electron chi connectivity index (χ0n) is 17.5. The summed E-state index contributed by atoms with van der Waals surface area (Å²) in [5.74, 6) is 0.674. The molecule has 3 rings (SSSR count). The fraction of sp³-hybridized carbons (Fsp3) is 0.450. The molecule has 0 aliphatic rings. The standard InChI is InChI=1S/C20H28N5O4P/c1-4-28-30(26,29-5-2)15-27-16(3)12-25-14-24-18-19(22-13-23-20(18)25)21-11-17-9-7-6-8-10-17/h6-10,13-14,16H,4-5,11-12,15H2,1-3H3,(H,21,22,23)/t16-/m1/s1. The van der Waals surface area contributed by atoms with Gasteiger partial charge < -0.3 is 23.7 Å². The lowest BCUT2D eigenvalue weighted by molar-refractivity contribution is 0.0672. The molecule has 0 unspecified atom stereocenters. The molecule has 0 radical (unpaired) electrons. The highest BCUT2D eigenvalue weighted by Crippen LogP contribution is 2.48. The van der Waals surface area contributed by atoms with Gasteiger partial charge in [-0.3, -0.25) is 4.57 Å². The first-order chi connectivity index (χ1) is 14.5. The average molecular weight is 433 g/mol. The summed E-state index contributed by atoms with van der Waals surface area (Å²) in [5, 5.41) is 3.32. The highest BCUT2D eigenvalue weighted by atomic mass is 31.2. The highest BCUT2D eigenvalue weighted by molar-refractivity contribution is 7.53. The molecule has 2 aromatic heterocycles. The Balaban J connectivity index is 1.64. The van der Waals surface area contributed by atoms with Crippen LogP contribution in [0.5, 0.6) is 0 Å². The van der Waals surface area contributed by atoms with Crippen LogP contribution in [0.1, 0.15) is 26.3 Å². The molecule has 9 nitrogen and oxygen atoms in total. The number of fused-ring (bicyclic) bond motifs is 1. The van der Waals surface area contributed by atoms with E-state index in [9.17, 15) is 4.57 Å². The lowest BCUT2D eigenvalue weighted by Crippen LogP contribution is -2.18. The normalized spacial score (nSPS) is 12.9. The summed E-state index contributed by atoms with van der Waals surface area (Å²) in [6, 6.07) is 10.1. The van der Waals surface area contributed by atoms with Gasteiger partial charge in [-0.25, -0.2) is 15.0 Å². The second-order valence-corrected chi connectivity index (χ2v) is 8.68. The molecule has 30 heavy (non-hydrogen) atoms. The molecule has 0 amide bonds. The number of nitrogens with one attached hydrogen (secondary N) is 1. The summed E-state index contributed by atoms with van der Waals surface area (Å²) >= 11 is 0. The van der Waals surface area contributed by atoms with Crippen LogP contribution in [0.4, 0.5) is 5.82 Å². The van der Waals surface area contributed by atoms with E-state index in [-0.39, 0.29) is 12.5 Å². The van der Waals surface area contributed by atoms with E-state index in [1.807, 2.05) is 41.8 Å². The van der Waals surface area contributed by atoms with Crippen molar-refractivity contribution in [1.82, 2.24) is 19.5 Å². The molecule has 0 aliphatic carbocycles. The minimum absolute atomic E-state index is 0.0959. The number of hydrogen-bond acceptors (Lipinski definition) is 8. The van der Waals surface area contributed by atoms with Crippen molar-refractivity contribution >= 4 is 24.6 Å². The second-order valence-electron chi connectivity index (χ2n) is 6.68. The maximum Gasteiger partial charge on any atom is 0.356 e. The average Bonchev–Trinajstić information content (AvgIpc) is 3.15. The highest BCUT2D eigenvalue weighted by Gasteiger charge is 2.25. The van der Waals surface area contributed by atoms with Crippen LogP contribution < -0.4 is 5.32 Å². The lowest BCUT2D eigenvalue weighted by Gasteiger charge is -2.20. The first kappa shape index (κ1) is 22.4. The van der Waals surface area contributed by atoms with Crippen molar-refractivity contribution in [2.75, 3.05) is 24.9 Å². The number of imidazole rings is 1. The van der Waals surface area contributed by atoms with Gasteiger partial charge in [-0.1, -0.05) is 30.3 Å². The second kappa shape index (κ2) is 10.6. The molecule has 3 aromatic rings. The molecule has 10 heteroatoms. The first-order valence-corrected chi connectivity index (χ1v) is 11.7. The first-order valence-electron chi connectivity index (χ1n) is 9.98. The topological polar surface area (TPSA) is 100 Å². The van der Waals surface area contributed by atoms with Crippen molar-refractivity contribution < 1.29 is 18.3 Å². The predicted octanol–water partition coefficient (Wildman–Crippen LogP) is 4.07. The molecule has 0 bridgehead atoms. The van der Waals surface area contributed by atoms with E-state index in [1.54, 1.807) is 20.2 Å². The number of benzene rings is 1. The fourth-order valence-electron chi connectivity index (χ4n) is 2.98. The van der Waals surface area contributed by atoms with Gasteiger partial charge in [0.25, 0.3) is 0 Å². The molecule has 1 atom stereocenters. The minimum Gasteiger partial charge on any atom is -0.364 e. The van der Waals surface area contributed by atoms with E-state index in [1.165, 1.54) is 6.33 Å². The van der Waals surface area contributed by atoms with Crippen molar-refractivity contribution in [2.24, 2.45) is 0 Å². The van der Waals surface area contributed by atoms with Crippen molar-refractivity contribution in [1.29, 1.82) is 0 Å². The Bertz CT molecular complexity index is 972. The van der Waals surface area contributed by atoms with Crippen molar-refractivity contribution in [3.63, 3.8) is 0 Å². The smallest absolute Gasteiger partial charge is 0.356 e. The van der Waals surface area contributed by atoms with E-state index in [0.717, 1.165) is 5.56 Å². The molecule has 0 aliphatic heterocycles. The molecule has 0 saturated carbocycles. The van der Waals surface area contributed by atoms with Crippen LogP contribution in [0, 0.1) is 0 Å². The largest absolute Gasteiger partial charge is 0.364 e. The van der Waals surface area contributed by atoms with E-state index in [2.05, 4.69) is 20.3 Å². The van der Waals surface area contributed by atoms with Crippen LogP contribution in [0.15, 0.2) is 43.0 Å². The summed E-state index contributed by atoms with van der Waals surface area (Å²) in [4.78, 5) is 13.2. The Morgan fingerprint density at radius 2 is 1.83 bits per heavy atom. The van der Waals surface area contributed by atoms with Gasteiger partial charge in [-0.2, -0.15) is 0 Å². The van der Waals surface area contributed by atoms with Crippen LogP contribution in [-0.4, -0.2) is 45.2 Å². The van der Waals surface area contributed by atoms with Gasteiger partial charge in [0.1, 0.15) is 18.2 Å². The molecule has 162 valence electrons. The van der Waals surface area contributed by atoms with Crippen molar-refractivity contribution in [3.05, 3.63) is 48.5 Å². The van der Waals surface area contributed by atoms with Gasteiger partial charge in [0.15, 0.2) is 11.5 Å². The van der Waals surface area contributed by atoms with Gasteiger partial charge in [0, 0.05) is 6.54 Å². The zero-order chi connectivity index (χ0) is 21.4. The van der Waals surface area contributed by atoms with E-state index in [0.29, 0.717) is 43.3 Å². The summed E-state index contributed by atoms with van der Waals surface area (Å²) in [6.07, 6.45) is 2.88. The number of anilines is 1. The third-order valence-electron chi connectivity index (χ3n) is 4.33. The lowest BCUT2D eigenvalue weighted by atomic mass is 10.2. The fourth-order valence-corrected chi connectivity index (χ4v) is 4.43. The summed E-state index contributed by atoms with van der Waals surface area (Å²) in [7, 11) is -3.24. The predicted molar refractivity (Wildman–Crippen MR) is 115 cm³/mol. The van der Waals surface area contributed by atoms with Crippen molar-refractivity contribution in [2.45, 2.75) is 40.0 Å². The maximum absolute atomic E-state index is 12.5. The summed E-state index contributed by atoms with van der Waals surface area (Å²) in [6.45, 7) is 7.18. The van der Waals surface area contributed by atoms with Crippen molar-refractivity contribution in [3.8, 4) is 0 Å². The van der Waals surface area contributed by atoms with Gasteiger partial charge in [-0.15, -0.1) is 0 Å². The molecule has 0 fully saturated rings. The van der Waals surface area contributed by atoms with Gasteiger partial charge in [-0.05, 0) is 26.3 Å². The SMILES string of the molecule is CCOP(=O)(CO[C@H](C)Cn1cnc2c(NCc3ccccc3)ncnc21)OCC. The third-order valence-corrected chi connectivity index (χ3v) is 6.10. The summed E-state index contributed by atoms with van der Waals surface area (Å²) in [5.41, 5.74) is 2.54. The van der Waals surface area contributed by atoms with Crippen LogP contribution in [0.2, 0.25) is 0 Å². The van der Waals surface area contributed by atoms with E-state index >= 15 is 0 Å². The van der Waals surface area contributed by atoms with Gasteiger partial charge in [0.05, 0.1) is 32.2 Å². The Morgan fingerprint density at radius 3 is 2.53 bits per heavy atom. The Morgan fingerprint density at radius 1 is 1.10 bits per heavy atom. The zero-order valence-corrected chi connectivity index (χ0v) is 18.4.